The fourth-order valence-corrected chi connectivity index (χ4v) is 1.90. The van der Waals surface area contributed by atoms with Gasteiger partial charge in [0.25, 0.3) is 0 Å². The molecule has 0 aliphatic heterocycles. The van der Waals surface area contributed by atoms with Gasteiger partial charge in [0, 0.05) is 6.42 Å². The Bertz CT molecular complexity index is 145. The summed E-state index contributed by atoms with van der Waals surface area (Å²) in [4.78, 5) is 0. The van der Waals surface area contributed by atoms with Gasteiger partial charge in [-0.15, -0.1) is 0 Å². The van der Waals surface area contributed by atoms with Crippen LogP contribution >= 0.6 is 0 Å². The minimum absolute atomic E-state index is 0.713. The minimum Gasteiger partial charge on any atom is -0.198 e. The second-order valence-corrected chi connectivity index (χ2v) is 3.84. The third-order valence-electron chi connectivity index (χ3n) is 2.76. The largest absolute Gasteiger partial charge is 0.198 e. The molecule has 0 saturated heterocycles. The lowest BCUT2D eigenvalue weighted by molar-refractivity contribution is 0.453. The molecule has 0 aromatic rings. The van der Waals surface area contributed by atoms with E-state index in [1.54, 1.807) is 0 Å². The van der Waals surface area contributed by atoms with Crippen LogP contribution in [-0.2, 0) is 0 Å². The Morgan fingerprint density at radius 2 is 2.09 bits per heavy atom. The molecule has 0 amide bonds. The average Bonchev–Trinajstić information content (AvgIpc) is 2.17. The monoisotopic (exact) mass is 151 g/mol. The molecule has 1 aliphatic carbocycles. The number of hydrogen-bond donors (Lipinski definition) is 0. The van der Waals surface area contributed by atoms with Gasteiger partial charge in [-0.2, -0.15) is 5.26 Å². The fraction of sp³-hybridized carbons (Fsp3) is 0.900. The van der Waals surface area contributed by atoms with Gasteiger partial charge in [0.1, 0.15) is 0 Å². The van der Waals surface area contributed by atoms with E-state index in [-0.39, 0.29) is 0 Å². The predicted octanol–water partition coefficient (Wildman–Crippen LogP) is 3.12. The van der Waals surface area contributed by atoms with E-state index >= 15 is 0 Å². The lowest BCUT2D eigenvalue weighted by atomic mass is 9.97. The van der Waals surface area contributed by atoms with Gasteiger partial charge in [0.15, 0.2) is 0 Å². The number of nitrogens with zero attached hydrogens (tertiary/aromatic N) is 1. The summed E-state index contributed by atoms with van der Waals surface area (Å²) in [5.41, 5.74) is 0. The van der Waals surface area contributed by atoms with E-state index in [0.29, 0.717) is 5.92 Å². The highest BCUT2D eigenvalue weighted by atomic mass is 14.3. The van der Waals surface area contributed by atoms with E-state index in [9.17, 15) is 0 Å². The Morgan fingerprint density at radius 3 is 2.82 bits per heavy atom. The van der Waals surface area contributed by atoms with Crippen LogP contribution in [0.5, 0.6) is 0 Å². The highest BCUT2D eigenvalue weighted by molar-refractivity contribution is 4.78. The molecule has 11 heavy (non-hydrogen) atoms. The standard InChI is InChI=1S/C10H17N/c1-9-3-2-4-10(6-5-9)7-8-11/h9-10H,2-7H2,1H3. The molecule has 0 spiro atoms. The van der Waals surface area contributed by atoms with E-state index < -0.39 is 0 Å². The van der Waals surface area contributed by atoms with E-state index in [0.717, 1.165) is 12.3 Å². The van der Waals surface area contributed by atoms with Crippen LogP contribution in [0.2, 0.25) is 0 Å². The Morgan fingerprint density at radius 1 is 1.27 bits per heavy atom. The van der Waals surface area contributed by atoms with Crippen molar-refractivity contribution in [2.24, 2.45) is 11.8 Å². The molecule has 2 unspecified atom stereocenters. The Balaban J connectivity index is 2.29. The lowest BCUT2D eigenvalue weighted by Crippen LogP contribution is -1.96. The van der Waals surface area contributed by atoms with Gasteiger partial charge in [-0.25, -0.2) is 0 Å². The van der Waals surface area contributed by atoms with Crippen LogP contribution in [0.15, 0.2) is 0 Å². The molecule has 0 N–H and O–H groups in total. The Kier molecular flexibility index (Phi) is 3.42. The first-order chi connectivity index (χ1) is 5.33. The summed E-state index contributed by atoms with van der Waals surface area (Å²) in [5, 5.41) is 8.53. The lowest BCUT2D eigenvalue weighted by Gasteiger charge is -2.08. The maximum Gasteiger partial charge on any atom is 0.0624 e. The zero-order chi connectivity index (χ0) is 8.10. The second-order valence-electron chi connectivity index (χ2n) is 3.84. The average molecular weight is 151 g/mol. The molecule has 0 aromatic heterocycles. The van der Waals surface area contributed by atoms with Crippen LogP contribution in [0.4, 0.5) is 0 Å². The Labute approximate surface area is 69.4 Å². The van der Waals surface area contributed by atoms with Gasteiger partial charge < -0.3 is 0 Å². The topological polar surface area (TPSA) is 23.8 Å². The highest BCUT2D eigenvalue weighted by Crippen LogP contribution is 2.28. The van der Waals surface area contributed by atoms with Crippen LogP contribution in [0.3, 0.4) is 0 Å². The molecule has 0 aromatic carbocycles. The van der Waals surface area contributed by atoms with Crippen LogP contribution < -0.4 is 0 Å². The van der Waals surface area contributed by atoms with Gasteiger partial charge in [-0.3, -0.25) is 0 Å². The van der Waals surface area contributed by atoms with Gasteiger partial charge in [0.05, 0.1) is 6.07 Å². The predicted molar refractivity (Wildman–Crippen MR) is 46.0 cm³/mol. The molecule has 1 nitrogen and oxygen atoms in total. The summed E-state index contributed by atoms with van der Waals surface area (Å²) < 4.78 is 0. The van der Waals surface area contributed by atoms with Crippen molar-refractivity contribution in [2.45, 2.75) is 45.4 Å². The highest BCUT2D eigenvalue weighted by Gasteiger charge is 2.15. The van der Waals surface area contributed by atoms with Crippen LogP contribution in [0, 0.1) is 23.2 Å². The second kappa shape index (κ2) is 4.38. The van der Waals surface area contributed by atoms with Crippen molar-refractivity contribution in [1.29, 1.82) is 5.26 Å². The van der Waals surface area contributed by atoms with Crippen LogP contribution in [0.1, 0.15) is 45.4 Å². The van der Waals surface area contributed by atoms with Crippen molar-refractivity contribution in [2.75, 3.05) is 0 Å². The first-order valence-corrected chi connectivity index (χ1v) is 4.70. The van der Waals surface area contributed by atoms with Crippen molar-refractivity contribution in [3.05, 3.63) is 0 Å². The quantitative estimate of drug-likeness (QED) is 0.528. The smallest absolute Gasteiger partial charge is 0.0624 e. The Hall–Kier alpha value is -0.510. The van der Waals surface area contributed by atoms with E-state index in [1.807, 2.05) is 0 Å². The molecular formula is C10H17N. The van der Waals surface area contributed by atoms with Crippen molar-refractivity contribution >= 4 is 0 Å². The normalized spacial score (nSPS) is 32.4. The molecule has 1 heteroatoms. The number of rotatable bonds is 1. The summed E-state index contributed by atoms with van der Waals surface area (Å²) in [6, 6.07) is 2.28. The molecular weight excluding hydrogens is 134 g/mol. The molecule has 1 saturated carbocycles. The van der Waals surface area contributed by atoms with Gasteiger partial charge in [-0.05, 0) is 24.7 Å². The third kappa shape index (κ3) is 2.93. The summed E-state index contributed by atoms with van der Waals surface area (Å²) in [7, 11) is 0. The molecule has 1 fully saturated rings. The molecule has 1 aliphatic rings. The van der Waals surface area contributed by atoms with Crippen molar-refractivity contribution in [3.63, 3.8) is 0 Å². The summed E-state index contributed by atoms with van der Waals surface area (Å²) in [6.45, 7) is 2.33. The van der Waals surface area contributed by atoms with E-state index in [1.165, 1.54) is 32.1 Å². The van der Waals surface area contributed by atoms with Crippen LogP contribution in [0.25, 0.3) is 0 Å². The molecule has 2 atom stereocenters. The maximum atomic E-state index is 8.53. The summed E-state index contributed by atoms with van der Waals surface area (Å²) in [5.74, 6) is 1.61. The van der Waals surface area contributed by atoms with Gasteiger partial charge in [0.2, 0.25) is 0 Å². The fourth-order valence-electron chi connectivity index (χ4n) is 1.90. The molecule has 1 rings (SSSR count). The molecule has 0 heterocycles. The SMILES string of the molecule is CC1CCCC(CC#N)CC1. The molecule has 0 bridgehead atoms. The summed E-state index contributed by atoms with van der Waals surface area (Å²) >= 11 is 0. The maximum absolute atomic E-state index is 8.53. The van der Waals surface area contributed by atoms with Crippen LogP contribution in [-0.4, -0.2) is 0 Å². The van der Waals surface area contributed by atoms with E-state index in [4.69, 9.17) is 5.26 Å². The van der Waals surface area contributed by atoms with E-state index in [2.05, 4.69) is 13.0 Å². The number of nitriles is 1. The zero-order valence-corrected chi connectivity index (χ0v) is 7.34. The molecule has 62 valence electrons. The van der Waals surface area contributed by atoms with Gasteiger partial charge >= 0.3 is 0 Å². The van der Waals surface area contributed by atoms with Crippen molar-refractivity contribution < 1.29 is 0 Å². The third-order valence-corrected chi connectivity index (χ3v) is 2.76. The number of hydrogen-bond acceptors (Lipinski definition) is 1. The zero-order valence-electron chi connectivity index (χ0n) is 7.34. The molecule has 0 radical (unpaired) electrons. The van der Waals surface area contributed by atoms with Crippen molar-refractivity contribution in [1.82, 2.24) is 0 Å². The van der Waals surface area contributed by atoms with Crippen molar-refractivity contribution in [3.8, 4) is 6.07 Å². The first kappa shape index (κ1) is 8.59. The van der Waals surface area contributed by atoms with Gasteiger partial charge in [-0.1, -0.05) is 26.2 Å². The first-order valence-electron chi connectivity index (χ1n) is 4.70. The minimum atomic E-state index is 0.713. The summed E-state index contributed by atoms with van der Waals surface area (Å²) in [6.07, 6.45) is 7.42.